The summed E-state index contributed by atoms with van der Waals surface area (Å²) in [6.07, 6.45) is 0.283. The van der Waals surface area contributed by atoms with E-state index in [1.807, 2.05) is 37.3 Å². The van der Waals surface area contributed by atoms with Crippen molar-refractivity contribution in [3.8, 4) is 11.5 Å². The molecule has 0 spiro atoms. The van der Waals surface area contributed by atoms with Crippen LogP contribution in [0.2, 0.25) is 0 Å². The lowest BCUT2D eigenvalue weighted by Crippen LogP contribution is -2.41. The molecule has 6 nitrogen and oxygen atoms in total. The first-order valence-corrected chi connectivity index (χ1v) is 7.67. The van der Waals surface area contributed by atoms with Crippen LogP contribution in [0.4, 0.5) is 0 Å². The molecule has 24 heavy (non-hydrogen) atoms. The Kier molecular flexibility index (Phi) is 4.65. The van der Waals surface area contributed by atoms with Gasteiger partial charge in [0.2, 0.25) is 12.7 Å². The molecule has 2 amide bonds. The molecule has 2 N–H and O–H groups in total. The van der Waals surface area contributed by atoms with Crippen molar-refractivity contribution in [2.24, 2.45) is 0 Å². The molecule has 3 rings (SSSR count). The summed E-state index contributed by atoms with van der Waals surface area (Å²) in [6, 6.07) is 14.6. The molecule has 1 aliphatic heterocycles. The van der Waals surface area contributed by atoms with Crippen LogP contribution >= 0.6 is 0 Å². The average molecular weight is 326 g/mol. The second-order valence-electron chi connectivity index (χ2n) is 5.59. The fourth-order valence-electron chi connectivity index (χ4n) is 2.46. The van der Waals surface area contributed by atoms with Crippen molar-refractivity contribution in [2.45, 2.75) is 19.3 Å². The maximum atomic E-state index is 12.1. The molecule has 1 atom stereocenters. The van der Waals surface area contributed by atoms with E-state index in [2.05, 4.69) is 10.9 Å². The number of amides is 2. The zero-order valence-electron chi connectivity index (χ0n) is 13.2. The van der Waals surface area contributed by atoms with Gasteiger partial charge >= 0.3 is 0 Å². The lowest BCUT2D eigenvalue weighted by molar-refractivity contribution is -0.122. The Balaban J connectivity index is 1.51. The molecule has 1 heterocycles. The van der Waals surface area contributed by atoms with Crippen LogP contribution in [0.15, 0.2) is 48.5 Å². The molecule has 0 saturated heterocycles. The van der Waals surface area contributed by atoms with Crippen molar-refractivity contribution in [2.75, 3.05) is 6.79 Å². The number of nitrogens with one attached hydrogen (secondary N) is 2. The molecule has 0 radical (unpaired) electrons. The van der Waals surface area contributed by atoms with Gasteiger partial charge in [-0.2, -0.15) is 0 Å². The summed E-state index contributed by atoms with van der Waals surface area (Å²) < 4.78 is 10.4. The van der Waals surface area contributed by atoms with Gasteiger partial charge < -0.3 is 9.47 Å². The van der Waals surface area contributed by atoms with Gasteiger partial charge in [0, 0.05) is 12.0 Å². The number of carbonyl (C=O) groups excluding carboxylic acids is 2. The average Bonchev–Trinajstić information content (AvgIpc) is 3.08. The summed E-state index contributed by atoms with van der Waals surface area (Å²) in [7, 11) is 0. The van der Waals surface area contributed by atoms with E-state index < -0.39 is 5.91 Å². The van der Waals surface area contributed by atoms with Crippen LogP contribution < -0.4 is 20.3 Å². The number of hydrogen-bond acceptors (Lipinski definition) is 4. The molecule has 0 fully saturated rings. The first kappa shape index (κ1) is 15.9. The topological polar surface area (TPSA) is 76.7 Å². The second-order valence-corrected chi connectivity index (χ2v) is 5.59. The number of hydrazine groups is 1. The molecular formula is C18H18N2O4. The summed E-state index contributed by atoms with van der Waals surface area (Å²) in [5.41, 5.74) is 6.31. The van der Waals surface area contributed by atoms with Gasteiger partial charge in [0.1, 0.15) is 0 Å². The van der Waals surface area contributed by atoms with E-state index in [1.165, 1.54) is 0 Å². The smallest absolute Gasteiger partial charge is 0.269 e. The van der Waals surface area contributed by atoms with Gasteiger partial charge in [-0.05, 0) is 29.7 Å². The Bertz CT molecular complexity index is 746. The molecule has 6 heteroatoms. The van der Waals surface area contributed by atoms with Crippen LogP contribution in [0.25, 0.3) is 0 Å². The van der Waals surface area contributed by atoms with E-state index in [0.29, 0.717) is 17.1 Å². The van der Waals surface area contributed by atoms with Crippen molar-refractivity contribution in [1.29, 1.82) is 0 Å². The molecule has 2 aromatic carbocycles. The Hall–Kier alpha value is -3.02. The van der Waals surface area contributed by atoms with Crippen LogP contribution in [-0.4, -0.2) is 18.6 Å². The number of rotatable bonds is 4. The summed E-state index contributed by atoms with van der Waals surface area (Å²) >= 11 is 0. The van der Waals surface area contributed by atoms with Crippen LogP contribution in [-0.2, 0) is 4.79 Å². The van der Waals surface area contributed by atoms with Crippen molar-refractivity contribution < 1.29 is 19.1 Å². The molecule has 0 aliphatic carbocycles. The van der Waals surface area contributed by atoms with Gasteiger partial charge in [-0.1, -0.05) is 37.3 Å². The van der Waals surface area contributed by atoms with E-state index in [-0.39, 0.29) is 25.0 Å². The Morgan fingerprint density at radius 1 is 1.04 bits per heavy atom. The Morgan fingerprint density at radius 2 is 1.79 bits per heavy atom. The summed E-state index contributed by atoms with van der Waals surface area (Å²) in [5.74, 6) is 0.530. The Labute approximate surface area is 139 Å². The quantitative estimate of drug-likeness (QED) is 0.846. The molecule has 0 bridgehead atoms. The minimum Gasteiger partial charge on any atom is -0.454 e. The minimum absolute atomic E-state index is 0.0636. The van der Waals surface area contributed by atoms with E-state index in [9.17, 15) is 9.59 Å². The lowest BCUT2D eigenvalue weighted by Gasteiger charge is -2.12. The number of ether oxygens (including phenoxy) is 2. The second kappa shape index (κ2) is 7.04. The summed E-state index contributed by atoms with van der Waals surface area (Å²) in [6.45, 7) is 2.11. The molecular weight excluding hydrogens is 308 g/mol. The third-order valence-electron chi connectivity index (χ3n) is 3.81. The summed E-state index contributed by atoms with van der Waals surface area (Å²) in [4.78, 5) is 24.1. The van der Waals surface area contributed by atoms with E-state index in [0.717, 1.165) is 5.56 Å². The first-order valence-electron chi connectivity index (χ1n) is 7.67. The van der Waals surface area contributed by atoms with Crippen LogP contribution in [0.1, 0.15) is 35.2 Å². The molecule has 0 aromatic heterocycles. The highest BCUT2D eigenvalue weighted by Crippen LogP contribution is 2.32. The van der Waals surface area contributed by atoms with E-state index >= 15 is 0 Å². The Morgan fingerprint density at radius 3 is 2.58 bits per heavy atom. The van der Waals surface area contributed by atoms with Crippen LogP contribution in [0.3, 0.4) is 0 Å². The zero-order valence-corrected chi connectivity index (χ0v) is 13.2. The first-order chi connectivity index (χ1) is 11.6. The minimum atomic E-state index is -0.408. The molecule has 2 aromatic rings. The number of carbonyl (C=O) groups is 2. The van der Waals surface area contributed by atoms with Crippen molar-refractivity contribution in [1.82, 2.24) is 10.9 Å². The van der Waals surface area contributed by atoms with E-state index in [4.69, 9.17) is 9.47 Å². The molecule has 1 aliphatic rings. The highest BCUT2D eigenvalue weighted by Gasteiger charge is 2.17. The highest BCUT2D eigenvalue weighted by molar-refractivity contribution is 5.96. The predicted octanol–water partition coefficient (Wildman–Crippen LogP) is 2.37. The maximum Gasteiger partial charge on any atom is 0.269 e. The molecule has 1 unspecified atom stereocenters. The third-order valence-corrected chi connectivity index (χ3v) is 3.81. The van der Waals surface area contributed by atoms with Gasteiger partial charge in [0.05, 0.1) is 0 Å². The lowest BCUT2D eigenvalue weighted by atomic mass is 9.98. The fourth-order valence-corrected chi connectivity index (χ4v) is 2.46. The predicted molar refractivity (Wildman–Crippen MR) is 87.6 cm³/mol. The van der Waals surface area contributed by atoms with Gasteiger partial charge in [-0.25, -0.2) is 0 Å². The van der Waals surface area contributed by atoms with Crippen LogP contribution in [0.5, 0.6) is 11.5 Å². The largest absolute Gasteiger partial charge is 0.454 e. The normalized spacial score (nSPS) is 13.2. The van der Waals surface area contributed by atoms with Crippen molar-refractivity contribution in [3.05, 3.63) is 59.7 Å². The molecule has 0 saturated carbocycles. The van der Waals surface area contributed by atoms with Gasteiger partial charge in [-0.3, -0.25) is 20.4 Å². The van der Waals surface area contributed by atoms with Gasteiger partial charge in [0.15, 0.2) is 11.5 Å². The maximum absolute atomic E-state index is 12.1. The van der Waals surface area contributed by atoms with Crippen LogP contribution in [0, 0.1) is 0 Å². The zero-order chi connectivity index (χ0) is 16.9. The highest BCUT2D eigenvalue weighted by atomic mass is 16.7. The number of fused-ring (bicyclic) bond motifs is 1. The summed E-state index contributed by atoms with van der Waals surface area (Å²) in [5, 5.41) is 0. The van der Waals surface area contributed by atoms with Crippen molar-refractivity contribution >= 4 is 11.8 Å². The van der Waals surface area contributed by atoms with Gasteiger partial charge in [0.25, 0.3) is 5.91 Å². The standard InChI is InChI=1S/C18H18N2O4/c1-12(13-5-3-2-4-6-13)9-17(21)19-20-18(22)14-7-8-15-16(10-14)24-11-23-15/h2-8,10,12H,9,11H2,1H3,(H,19,21)(H,20,22). The van der Waals surface area contributed by atoms with Gasteiger partial charge in [-0.15, -0.1) is 0 Å². The van der Waals surface area contributed by atoms with E-state index in [1.54, 1.807) is 18.2 Å². The fraction of sp³-hybridized carbons (Fsp3) is 0.222. The monoisotopic (exact) mass is 326 g/mol. The third kappa shape index (κ3) is 3.65. The SMILES string of the molecule is CC(CC(=O)NNC(=O)c1ccc2c(c1)OCO2)c1ccccc1. The number of benzene rings is 2. The number of hydrogen-bond donors (Lipinski definition) is 2. The molecule has 124 valence electrons. The van der Waals surface area contributed by atoms with Crippen molar-refractivity contribution in [3.63, 3.8) is 0 Å².